The molecule has 21 heavy (non-hydrogen) atoms. The largest absolute Gasteiger partial charge is 0.478 e. The van der Waals surface area contributed by atoms with Gasteiger partial charge in [0.15, 0.2) is 9.84 Å². The van der Waals surface area contributed by atoms with Crippen molar-refractivity contribution in [2.75, 3.05) is 11.6 Å². The summed E-state index contributed by atoms with van der Waals surface area (Å²) >= 11 is 0. The zero-order valence-corrected chi connectivity index (χ0v) is 11.8. The van der Waals surface area contributed by atoms with Gasteiger partial charge in [-0.05, 0) is 30.3 Å². The van der Waals surface area contributed by atoms with Crippen LogP contribution in [-0.2, 0) is 9.84 Å². The predicted octanol–water partition coefficient (Wildman–Crippen LogP) is 2.67. The molecule has 2 aromatic carbocycles. The molecular formula is C14H12FNO4S. The smallest absolute Gasteiger partial charge is 0.335 e. The van der Waals surface area contributed by atoms with Gasteiger partial charge >= 0.3 is 5.97 Å². The molecule has 0 radical (unpaired) electrons. The molecule has 0 spiro atoms. The Kier molecular flexibility index (Phi) is 3.95. The van der Waals surface area contributed by atoms with Gasteiger partial charge in [0.25, 0.3) is 0 Å². The minimum atomic E-state index is -3.47. The van der Waals surface area contributed by atoms with Gasteiger partial charge in [0, 0.05) is 6.26 Å². The van der Waals surface area contributed by atoms with E-state index in [1.807, 2.05) is 0 Å². The second-order valence-electron chi connectivity index (χ2n) is 4.39. The highest BCUT2D eigenvalue weighted by molar-refractivity contribution is 7.90. The Bertz CT molecular complexity index is 802. The van der Waals surface area contributed by atoms with Gasteiger partial charge in [0.2, 0.25) is 0 Å². The first-order chi connectivity index (χ1) is 9.79. The number of halogens is 1. The Hall–Kier alpha value is -2.41. The van der Waals surface area contributed by atoms with Crippen LogP contribution in [0.5, 0.6) is 0 Å². The van der Waals surface area contributed by atoms with E-state index in [9.17, 15) is 17.6 Å². The molecule has 5 nitrogen and oxygen atoms in total. The van der Waals surface area contributed by atoms with Crippen LogP contribution in [0.25, 0.3) is 0 Å². The van der Waals surface area contributed by atoms with Crippen molar-refractivity contribution < 1.29 is 22.7 Å². The quantitative estimate of drug-likeness (QED) is 0.907. The lowest BCUT2D eigenvalue weighted by atomic mass is 10.2. The van der Waals surface area contributed by atoms with Crippen molar-refractivity contribution in [2.45, 2.75) is 4.90 Å². The summed E-state index contributed by atoms with van der Waals surface area (Å²) in [5.41, 5.74) is 0.0347. The lowest BCUT2D eigenvalue weighted by Gasteiger charge is -2.11. The van der Waals surface area contributed by atoms with Crippen LogP contribution in [0.1, 0.15) is 10.4 Å². The Labute approximate surface area is 121 Å². The van der Waals surface area contributed by atoms with Crippen LogP contribution in [0.15, 0.2) is 47.4 Å². The third kappa shape index (κ3) is 3.38. The van der Waals surface area contributed by atoms with Gasteiger partial charge in [0.1, 0.15) is 5.82 Å². The van der Waals surface area contributed by atoms with Crippen LogP contribution < -0.4 is 5.32 Å². The Morgan fingerprint density at radius 3 is 2.38 bits per heavy atom. The molecule has 110 valence electrons. The fourth-order valence-corrected chi connectivity index (χ4v) is 2.63. The molecule has 0 fully saturated rings. The predicted molar refractivity (Wildman–Crippen MR) is 76.2 cm³/mol. The van der Waals surface area contributed by atoms with E-state index in [1.54, 1.807) is 12.1 Å². The van der Waals surface area contributed by atoms with Gasteiger partial charge in [-0.2, -0.15) is 0 Å². The van der Waals surface area contributed by atoms with Crippen LogP contribution in [0, 0.1) is 5.82 Å². The molecule has 0 amide bonds. The van der Waals surface area contributed by atoms with Crippen LogP contribution in [0.3, 0.4) is 0 Å². The molecule has 0 unspecified atom stereocenters. The number of sulfone groups is 1. The van der Waals surface area contributed by atoms with E-state index in [1.165, 1.54) is 24.3 Å². The summed E-state index contributed by atoms with van der Waals surface area (Å²) in [6.45, 7) is 0. The topological polar surface area (TPSA) is 83.5 Å². The molecule has 2 aromatic rings. The molecule has 7 heteroatoms. The number of rotatable bonds is 4. The summed E-state index contributed by atoms with van der Waals surface area (Å²) in [6, 6.07) is 9.43. The average Bonchev–Trinajstić information content (AvgIpc) is 2.40. The first-order valence-corrected chi connectivity index (χ1v) is 7.77. The van der Waals surface area contributed by atoms with Crippen molar-refractivity contribution in [3.63, 3.8) is 0 Å². The molecule has 0 aromatic heterocycles. The molecule has 0 heterocycles. The number of hydrogen-bond donors (Lipinski definition) is 2. The van der Waals surface area contributed by atoms with Crippen molar-refractivity contribution in [1.29, 1.82) is 0 Å². The molecular weight excluding hydrogens is 297 g/mol. The third-order valence-corrected chi connectivity index (χ3v) is 3.93. The molecule has 0 aliphatic rings. The fourth-order valence-electron chi connectivity index (χ4n) is 1.79. The molecule has 0 saturated heterocycles. The van der Waals surface area contributed by atoms with Crippen molar-refractivity contribution in [2.24, 2.45) is 0 Å². The summed E-state index contributed by atoms with van der Waals surface area (Å²) in [4.78, 5) is 10.8. The highest BCUT2D eigenvalue weighted by Crippen LogP contribution is 2.26. The number of nitrogens with one attached hydrogen (secondary N) is 1. The van der Waals surface area contributed by atoms with Crippen LogP contribution in [-0.4, -0.2) is 25.7 Å². The number of carboxylic acids is 1. The number of benzene rings is 2. The Morgan fingerprint density at radius 1 is 1.14 bits per heavy atom. The van der Waals surface area contributed by atoms with E-state index in [2.05, 4.69) is 5.32 Å². The summed E-state index contributed by atoms with van der Waals surface area (Å²) in [6.07, 6.45) is 1.05. The minimum absolute atomic E-state index is 0.00361. The summed E-state index contributed by atoms with van der Waals surface area (Å²) in [5, 5.41) is 11.4. The van der Waals surface area contributed by atoms with Crippen molar-refractivity contribution in [1.82, 2.24) is 0 Å². The standard InChI is InChI=1S/C14H12FNO4S/c1-21(19,20)13-5-3-2-4-12(13)16-11-7-6-9(14(17)18)8-10(11)15/h2-8,16H,1H3,(H,17,18). The molecule has 0 atom stereocenters. The summed E-state index contributed by atoms with van der Waals surface area (Å²) in [5.74, 6) is -2.02. The summed E-state index contributed by atoms with van der Waals surface area (Å²) < 4.78 is 37.2. The van der Waals surface area contributed by atoms with Gasteiger partial charge in [-0.3, -0.25) is 0 Å². The first kappa shape index (κ1) is 15.0. The molecule has 2 rings (SSSR count). The van der Waals surface area contributed by atoms with Gasteiger partial charge in [0.05, 0.1) is 21.8 Å². The minimum Gasteiger partial charge on any atom is -0.478 e. The Balaban J connectivity index is 2.42. The highest BCUT2D eigenvalue weighted by Gasteiger charge is 2.14. The number of para-hydroxylation sites is 1. The van der Waals surface area contributed by atoms with E-state index in [-0.39, 0.29) is 21.8 Å². The molecule has 0 bridgehead atoms. The first-order valence-electron chi connectivity index (χ1n) is 5.88. The number of carboxylic acid groups (broad SMARTS) is 1. The van der Waals surface area contributed by atoms with Crippen LogP contribution >= 0.6 is 0 Å². The zero-order chi connectivity index (χ0) is 15.6. The molecule has 0 aliphatic heterocycles. The summed E-state index contributed by atoms with van der Waals surface area (Å²) in [7, 11) is -3.47. The van der Waals surface area contributed by atoms with E-state index >= 15 is 0 Å². The van der Waals surface area contributed by atoms with Crippen LogP contribution in [0.2, 0.25) is 0 Å². The van der Waals surface area contributed by atoms with Gasteiger partial charge in [-0.1, -0.05) is 12.1 Å². The Morgan fingerprint density at radius 2 is 1.81 bits per heavy atom. The maximum Gasteiger partial charge on any atom is 0.335 e. The maximum atomic E-state index is 13.8. The zero-order valence-electron chi connectivity index (χ0n) is 11.0. The third-order valence-electron chi connectivity index (χ3n) is 2.77. The molecule has 0 saturated carbocycles. The van der Waals surface area contributed by atoms with E-state index in [0.29, 0.717) is 0 Å². The van der Waals surface area contributed by atoms with Crippen molar-refractivity contribution >= 4 is 27.2 Å². The fraction of sp³-hybridized carbons (Fsp3) is 0.0714. The van der Waals surface area contributed by atoms with E-state index in [4.69, 9.17) is 5.11 Å². The lowest BCUT2D eigenvalue weighted by Crippen LogP contribution is -2.04. The number of hydrogen-bond acceptors (Lipinski definition) is 4. The highest BCUT2D eigenvalue weighted by atomic mass is 32.2. The van der Waals surface area contributed by atoms with Crippen molar-refractivity contribution in [3.8, 4) is 0 Å². The SMILES string of the molecule is CS(=O)(=O)c1ccccc1Nc1ccc(C(=O)O)cc1F. The lowest BCUT2D eigenvalue weighted by molar-refractivity contribution is 0.0696. The molecule has 0 aliphatic carbocycles. The number of carbonyl (C=O) groups is 1. The normalized spacial score (nSPS) is 11.1. The van der Waals surface area contributed by atoms with Crippen molar-refractivity contribution in [3.05, 3.63) is 53.8 Å². The maximum absolute atomic E-state index is 13.8. The van der Waals surface area contributed by atoms with Gasteiger partial charge in [-0.25, -0.2) is 17.6 Å². The number of aromatic carboxylic acids is 1. The average molecular weight is 309 g/mol. The van der Waals surface area contributed by atoms with E-state index in [0.717, 1.165) is 12.3 Å². The monoisotopic (exact) mass is 309 g/mol. The van der Waals surface area contributed by atoms with Crippen LogP contribution in [0.4, 0.5) is 15.8 Å². The van der Waals surface area contributed by atoms with E-state index < -0.39 is 21.6 Å². The van der Waals surface area contributed by atoms with Gasteiger partial charge in [-0.15, -0.1) is 0 Å². The van der Waals surface area contributed by atoms with Gasteiger partial charge < -0.3 is 10.4 Å². The second-order valence-corrected chi connectivity index (χ2v) is 6.38. The second kappa shape index (κ2) is 5.53. The molecule has 2 N–H and O–H groups in total. The number of anilines is 2.